The van der Waals surface area contributed by atoms with Crippen molar-refractivity contribution in [3.8, 4) is 11.1 Å². The smallest absolute Gasteiger partial charge is 0.0397 e. The lowest BCUT2D eigenvalue weighted by Gasteiger charge is -2.12. The van der Waals surface area contributed by atoms with Gasteiger partial charge in [-0.25, -0.2) is 0 Å². The molecule has 86 valence electrons. The largest absolute Gasteiger partial charge is 0.374 e. The summed E-state index contributed by atoms with van der Waals surface area (Å²) in [7, 11) is 2.15. The minimum Gasteiger partial charge on any atom is -0.374 e. The molecule has 17 heavy (non-hydrogen) atoms. The second kappa shape index (κ2) is 3.88. The van der Waals surface area contributed by atoms with Crippen molar-refractivity contribution in [1.29, 1.82) is 0 Å². The highest BCUT2D eigenvalue weighted by Crippen LogP contribution is 2.31. The van der Waals surface area contributed by atoms with Gasteiger partial charge in [0.05, 0.1) is 0 Å². The van der Waals surface area contributed by atoms with Crippen LogP contribution in [0.4, 0.5) is 5.69 Å². The number of fused-ring (bicyclic) bond motifs is 1. The third-order valence-electron chi connectivity index (χ3n) is 3.42. The van der Waals surface area contributed by atoms with Crippen molar-refractivity contribution in [3.05, 3.63) is 47.8 Å². The van der Waals surface area contributed by atoms with Gasteiger partial charge in [0.15, 0.2) is 0 Å². The van der Waals surface area contributed by atoms with Crippen LogP contribution in [0, 0.1) is 6.92 Å². The molecule has 3 rings (SSSR count). The number of aryl methyl sites for hydroxylation is 1. The number of pyridine rings is 1. The van der Waals surface area contributed by atoms with Crippen LogP contribution in [0.5, 0.6) is 0 Å². The van der Waals surface area contributed by atoms with Gasteiger partial charge in [-0.2, -0.15) is 0 Å². The molecule has 0 radical (unpaired) electrons. The SMILES string of the molecule is Cc1cncc(-c2ccc3c(c2)CCN3C)c1. The number of likely N-dealkylation sites (N-methyl/N-ethyl adjacent to an activating group) is 1. The molecule has 0 unspecified atom stereocenters. The van der Waals surface area contributed by atoms with Gasteiger partial charge in [0, 0.05) is 37.2 Å². The van der Waals surface area contributed by atoms with Crippen LogP contribution in [-0.2, 0) is 6.42 Å². The second-order valence-corrected chi connectivity index (χ2v) is 4.77. The fraction of sp³-hybridized carbons (Fsp3) is 0.267. The molecular weight excluding hydrogens is 208 g/mol. The van der Waals surface area contributed by atoms with Crippen LogP contribution in [0.25, 0.3) is 11.1 Å². The zero-order valence-corrected chi connectivity index (χ0v) is 10.3. The molecule has 2 heterocycles. The molecule has 0 spiro atoms. The Kier molecular flexibility index (Phi) is 2.36. The monoisotopic (exact) mass is 224 g/mol. The fourth-order valence-electron chi connectivity index (χ4n) is 2.46. The molecule has 1 aliphatic heterocycles. The number of rotatable bonds is 1. The lowest BCUT2D eigenvalue weighted by molar-refractivity contribution is 0.956. The highest BCUT2D eigenvalue weighted by Gasteiger charge is 2.15. The van der Waals surface area contributed by atoms with E-state index in [1.165, 1.54) is 27.9 Å². The molecule has 2 aromatic rings. The van der Waals surface area contributed by atoms with E-state index in [1.54, 1.807) is 0 Å². The summed E-state index contributed by atoms with van der Waals surface area (Å²) >= 11 is 0. The van der Waals surface area contributed by atoms with Crippen molar-refractivity contribution in [2.75, 3.05) is 18.5 Å². The van der Waals surface area contributed by atoms with Gasteiger partial charge in [-0.1, -0.05) is 6.07 Å². The number of benzene rings is 1. The van der Waals surface area contributed by atoms with Gasteiger partial charge >= 0.3 is 0 Å². The molecule has 0 aliphatic carbocycles. The van der Waals surface area contributed by atoms with Gasteiger partial charge < -0.3 is 4.90 Å². The molecular formula is C15H16N2. The van der Waals surface area contributed by atoms with Crippen LogP contribution in [0.1, 0.15) is 11.1 Å². The second-order valence-electron chi connectivity index (χ2n) is 4.77. The van der Waals surface area contributed by atoms with Crippen LogP contribution in [-0.4, -0.2) is 18.6 Å². The van der Waals surface area contributed by atoms with Crippen molar-refractivity contribution in [1.82, 2.24) is 4.98 Å². The lowest BCUT2D eigenvalue weighted by Crippen LogP contribution is -2.12. The summed E-state index contributed by atoms with van der Waals surface area (Å²) in [6.45, 7) is 3.21. The molecule has 1 aromatic carbocycles. The summed E-state index contributed by atoms with van der Waals surface area (Å²) in [4.78, 5) is 6.57. The predicted molar refractivity (Wildman–Crippen MR) is 71.4 cm³/mol. The van der Waals surface area contributed by atoms with Crippen molar-refractivity contribution >= 4 is 5.69 Å². The first-order valence-corrected chi connectivity index (χ1v) is 6.00. The van der Waals surface area contributed by atoms with Gasteiger partial charge in [-0.05, 0) is 48.2 Å². The normalized spacial score (nSPS) is 13.9. The topological polar surface area (TPSA) is 16.1 Å². The van der Waals surface area contributed by atoms with Gasteiger partial charge in [0.1, 0.15) is 0 Å². The lowest BCUT2D eigenvalue weighted by atomic mass is 10.0. The third kappa shape index (κ3) is 1.80. The Morgan fingerprint density at radius 1 is 1.12 bits per heavy atom. The van der Waals surface area contributed by atoms with E-state index in [0.717, 1.165) is 13.0 Å². The fourth-order valence-corrected chi connectivity index (χ4v) is 2.46. The molecule has 0 saturated heterocycles. The van der Waals surface area contributed by atoms with Crippen LogP contribution < -0.4 is 4.90 Å². The summed E-state index contributed by atoms with van der Waals surface area (Å²) in [6, 6.07) is 8.90. The Hall–Kier alpha value is -1.83. The molecule has 0 fully saturated rings. The first-order chi connectivity index (χ1) is 8.24. The first-order valence-electron chi connectivity index (χ1n) is 6.00. The van der Waals surface area contributed by atoms with E-state index in [0.29, 0.717) is 0 Å². The Bertz CT molecular complexity index is 561. The Balaban J connectivity index is 2.06. The molecule has 0 amide bonds. The third-order valence-corrected chi connectivity index (χ3v) is 3.42. The van der Waals surface area contributed by atoms with Crippen molar-refractivity contribution < 1.29 is 0 Å². The average Bonchev–Trinajstić information content (AvgIpc) is 2.71. The summed E-state index contributed by atoms with van der Waals surface area (Å²) in [6.07, 6.45) is 4.98. The van der Waals surface area contributed by atoms with Gasteiger partial charge in [-0.15, -0.1) is 0 Å². The summed E-state index contributed by atoms with van der Waals surface area (Å²) < 4.78 is 0. The van der Waals surface area contributed by atoms with E-state index < -0.39 is 0 Å². The number of aromatic nitrogens is 1. The molecule has 2 heteroatoms. The quantitative estimate of drug-likeness (QED) is 0.740. The Morgan fingerprint density at radius 3 is 2.82 bits per heavy atom. The van der Waals surface area contributed by atoms with E-state index in [1.807, 2.05) is 12.4 Å². The van der Waals surface area contributed by atoms with Gasteiger partial charge in [0.25, 0.3) is 0 Å². The number of hydrogen-bond acceptors (Lipinski definition) is 2. The Labute approximate surface area is 102 Å². The van der Waals surface area contributed by atoms with Crippen molar-refractivity contribution in [3.63, 3.8) is 0 Å². The van der Waals surface area contributed by atoms with Gasteiger partial charge in [0.2, 0.25) is 0 Å². The molecule has 0 atom stereocenters. The maximum absolute atomic E-state index is 4.26. The predicted octanol–water partition coefficient (Wildman–Crippen LogP) is 3.05. The van der Waals surface area contributed by atoms with E-state index >= 15 is 0 Å². The molecule has 2 nitrogen and oxygen atoms in total. The van der Waals surface area contributed by atoms with Crippen LogP contribution in [0.3, 0.4) is 0 Å². The molecule has 1 aliphatic rings. The van der Waals surface area contributed by atoms with E-state index in [-0.39, 0.29) is 0 Å². The summed E-state index contributed by atoms with van der Waals surface area (Å²) in [5.74, 6) is 0. The zero-order valence-electron chi connectivity index (χ0n) is 10.3. The maximum atomic E-state index is 4.26. The molecule has 0 N–H and O–H groups in total. The minimum atomic E-state index is 1.13. The number of anilines is 1. The highest BCUT2D eigenvalue weighted by atomic mass is 15.1. The van der Waals surface area contributed by atoms with Crippen molar-refractivity contribution in [2.24, 2.45) is 0 Å². The molecule has 0 bridgehead atoms. The van der Waals surface area contributed by atoms with Crippen LogP contribution in [0.15, 0.2) is 36.7 Å². The summed E-state index contributed by atoms with van der Waals surface area (Å²) in [5, 5.41) is 0. The minimum absolute atomic E-state index is 1.13. The van der Waals surface area contributed by atoms with Crippen LogP contribution in [0.2, 0.25) is 0 Å². The number of hydrogen-bond donors (Lipinski definition) is 0. The van der Waals surface area contributed by atoms with E-state index in [4.69, 9.17) is 0 Å². The molecule has 1 aromatic heterocycles. The van der Waals surface area contributed by atoms with E-state index in [2.05, 4.69) is 48.1 Å². The standard InChI is InChI=1S/C15H16N2/c1-11-7-14(10-16-9-11)12-3-4-15-13(8-12)5-6-17(15)2/h3-4,7-10H,5-6H2,1-2H3. The maximum Gasteiger partial charge on any atom is 0.0397 e. The highest BCUT2D eigenvalue weighted by molar-refractivity contribution is 5.70. The first kappa shape index (κ1) is 10.3. The average molecular weight is 224 g/mol. The number of nitrogens with zero attached hydrogens (tertiary/aromatic N) is 2. The van der Waals surface area contributed by atoms with Crippen LogP contribution >= 0.6 is 0 Å². The zero-order chi connectivity index (χ0) is 11.8. The van der Waals surface area contributed by atoms with Crippen molar-refractivity contribution in [2.45, 2.75) is 13.3 Å². The van der Waals surface area contributed by atoms with E-state index in [9.17, 15) is 0 Å². The summed E-state index contributed by atoms with van der Waals surface area (Å²) in [5.41, 5.74) is 6.51. The Morgan fingerprint density at radius 2 is 2.00 bits per heavy atom. The van der Waals surface area contributed by atoms with Gasteiger partial charge in [-0.3, -0.25) is 4.98 Å². The molecule has 0 saturated carbocycles.